The number of carbonyl (C=O) groups excluding carboxylic acids is 1. The second-order valence-corrected chi connectivity index (χ2v) is 6.13. The van der Waals surface area contributed by atoms with E-state index in [0.717, 1.165) is 24.5 Å². The van der Waals surface area contributed by atoms with Crippen molar-refractivity contribution < 1.29 is 9.53 Å². The van der Waals surface area contributed by atoms with E-state index in [1.54, 1.807) is 0 Å². The third-order valence-corrected chi connectivity index (χ3v) is 4.19. The second-order valence-electron chi connectivity index (χ2n) is 5.07. The van der Waals surface area contributed by atoms with Crippen molar-refractivity contribution in [2.45, 2.75) is 25.9 Å². The van der Waals surface area contributed by atoms with Crippen LogP contribution in [-0.2, 0) is 4.74 Å². The molecular formula is C14H16N4O3S. The molecule has 2 aromatic rings. The van der Waals surface area contributed by atoms with Gasteiger partial charge in [-0.15, -0.1) is 11.3 Å². The first-order valence-electron chi connectivity index (χ1n) is 7.05. The Morgan fingerprint density at radius 1 is 1.59 bits per heavy atom. The molecule has 0 bridgehead atoms. The lowest BCUT2D eigenvalue weighted by Gasteiger charge is -2.10. The predicted octanol–water partition coefficient (Wildman–Crippen LogP) is 1.11. The number of aromatic nitrogens is 3. The molecule has 116 valence electrons. The smallest absolute Gasteiger partial charge is 0.264 e. The van der Waals surface area contributed by atoms with Gasteiger partial charge in [0.05, 0.1) is 11.1 Å². The molecule has 0 aromatic carbocycles. The van der Waals surface area contributed by atoms with Gasteiger partial charge in [-0.25, -0.2) is 9.97 Å². The lowest BCUT2D eigenvalue weighted by Crippen LogP contribution is -2.35. The standard InChI is InChI=1S/C14H16N4O3S/c1-8-17-11(7-22-8)12-15-6-10(14(20)18-12)13(19)16-5-9-3-2-4-21-9/h6-7,9H,2-5H2,1H3,(H,16,19)(H,15,18,20). The summed E-state index contributed by atoms with van der Waals surface area (Å²) >= 11 is 1.47. The second kappa shape index (κ2) is 6.37. The van der Waals surface area contributed by atoms with E-state index in [1.165, 1.54) is 17.5 Å². The Hall–Kier alpha value is -2.06. The topological polar surface area (TPSA) is 97.0 Å². The number of carbonyl (C=O) groups is 1. The Morgan fingerprint density at radius 3 is 3.09 bits per heavy atom. The van der Waals surface area contributed by atoms with Gasteiger partial charge in [-0.3, -0.25) is 9.59 Å². The minimum atomic E-state index is -0.472. The van der Waals surface area contributed by atoms with Crippen LogP contribution in [0.2, 0.25) is 0 Å². The third-order valence-electron chi connectivity index (χ3n) is 3.42. The Morgan fingerprint density at radius 2 is 2.45 bits per heavy atom. The van der Waals surface area contributed by atoms with Gasteiger partial charge < -0.3 is 15.0 Å². The number of rotatable bonds is 4. The highest BCUT2D eigenvalue weighted by atomic mass is 32.1. The van der Waals surface area contributed by atoms with Gasteiger partial charge in [-0.05, 0) is 19.8 Å². The maximum atomic E-state index is 12.0. The number of nitrogens with one attached hydrogen (secondary N) is 2. The summed E-state index contributed by atoms with van der Waals surface area (Å²) in [5.41, 5.74) is 0.125. The van der Waals surface area contributed by atoms with Crippen LogP contribution >= 0.6 is 11.3 Å². The molecule has 1 atom stereocenters. The quantitative estimate of drug-likeness (QED) is 0.879. The van der Waals surface area contributed by atoms with Crippen LogP contribution in [0.4, 0.5) is 0 Å². The minimum Gasteiger partial charge on any atom is -0.376 e. The molecule has 1 aliphatic rings. The first-order valence-corrected chi connectivity index (χ1v) is 7.93. The van der Waals surface area contributed by atoms with E-state index in [4.69, 9.17) is 4.74 Å². The molecule has 1 fully saturated rings. The van der Waals surface area contributed by atoms with Crippen LogP contribution in [0, 0.1) is 6.92 Å². The summed E-state index contributed by atoms with van der Waals surface area (Å²) in [5, 5.41) is 5.40. The number of hydrogen-bond acceptors (Lipinski definition) is 6. The van der Waals surface area contributed by atoms with E-state index in [2.05, 4.69) is 20.3 Å². The Balaban J connectivity index is 1.71. The van der Waals surface area contributed by atoms with Crippen molar-refractivity contribution in [1.82, 2.24) is 20.3 Å². The number of aromatic amines is 1. The largest absolute Gasteiger partial charge is 0.376 e. The normalized spacial score (nSPS) is 17.6. The summed E-state index contributed by atoms with van der Waals surface area (Å²) in [4.78, 5) is 35.1. The molecule has 0 radical (unpaired) electrons. The van der Waals surface area contributed by atoms with Gasteiger partial charge in [0, 0.05) is 24.7 Å². The van der Waals surface area contributed by atoms with Crippen LogP contribution in [0.5, 0.6) is 0 Å². The summed E-state index contributed by atoms with van der Waals surface area (Å²) in [6.07, 6.45) is 3.25. The van der Waals surface area contributed by atoms with Gasteiger partial charge in [-0.1, -0.05) is 0 Å². The van der Waals surface area contributed by atoms with Gasteiger partial charge in [0.2, 0.25) is 0 Å². The van der Waals surface area contributed by atoms with Crippen LogP contribution in [-0.4, -0.2) is 40.1 Å². The molecule has 2 aromatic heterocycles. The zero-order valence-corrected chi connectivity index (χ0v) is 12.9. The number of H-pyrrole nitrogens is 1. The molecule has 7 nitrogen and oxygen atoms in total. The average molecular weight is 320 g/mol. The molecule has 0 saturated carbocycles. The zero-order valence-electron chi connectivity index (χ0n) is 12.1. The van der Waals surface area contributed by atoms with E-state index in [0.29, 0.717) is 18.1 Å². The maximum Gasteiger partial charge on any atom is 0.264 e. The van der Waals surface area contributed by atoms with Crippen LogP contribution in [0.25, 0.3) is 11.5 Å². The van der Waals surface area contributed by atoms with Crippen molar-refractivity contribution in [3.8, 4) is 11.5 Å². The Bertz CT molecular complexity index is 734. The molecule has 22 heavy (non-hydrogen) atoms. The van der Waals surface area contributed by atoms with E-state index < -0.39 is 11.5 Å². The average Bonchev–Trinajstić information content (AvgIpc) is 3.16. The number of aryl methyl sites for hydroxylation is 1. The lowest BCUT2D eigenvalue weighted by molar-refractivity contribution is 0.0856. The van der Waals surface area contributed by atoms with Gasteiger partial charge >= 0.3 is 0 Å². The first-order chi connectivity index (χ1) is 10.6. The van der Waals surface area contributed by atoms with Crippen LogP contribution < -0.4 is 10.9 Å². The molecule has 1 unspecified atom stereocenters. The summed E-state index contributed by atoms with van der Waals surface area (Å²) in [6.45, 7) is 3.01. The molecule has 0 spiro atoms. The number of ether oxygens (including phenoxy) is 1. The highest BCUT2D eigenvalue weighted by molar-refractivity contribution is 7.09. The summed E-state index contributed by atoms with van der Waals surface area (Å²) in [6, 6.07) is 0. The SMILES string of the molecule is Cc1nc(-c2ncc(C(=O)NCC3CCCO3)c(=O)[nH]2)cs1. The number of hydrogen-bond donors (Lipinski definition) is 2. The van der Waals surface area contributed by atoms with Crippen molar-refractivity contribution in [1.29, 1.82) is 0 Å². The fourth-order valence-corrected chi connectivity index (χ4v) is 2.86. The van der Waals surface area contributed by atoms with Crippen molar-refractivity contribution in [3.63, 3.8) is 0 Å². The minimum absolute atomic E-state index is 0.00583. The Labute approximate surface area is 130 Å². The molecule has 8 heteroatoms. The van der Waals surface area contributed by atoms with E-state index >= 15 is 0 Å². The van der Waals surface area contributed by atoms with Crippen LogP contribution in [0.15, 0.2) is 16.4 Å². The number of nitrogens with zero attached hydrogens (tertiary/aromatic N) is 2. The maximum absolute atomic E-state index is 12.0. The molecule has 2 N–H and O–H groups in total. The van der Waals surface area contributed by atoms with Crippen molar-refractivity contribution >= 4 is 17.2 Å². The van der Waals surface area contributed by atoms with Gasteiger partial charge in [0.1, 0.15) is 11.3 Å². The lowest BCUT2D eigenvalue weighted by atomic mass is 10.2. The van der Waals surface area contributed by atoms with Gasteiger partial charge in [-0.2, -0.15) is 0 Å². The molecule has 3 rings (SSSR count). The summed E-state index contributed by atoms with van der Waals surface area (Å²) < 4.78 is 5.43. The van der Waals surface area contributed by atoms with Crippen LogP contribution in [0.1, 0.15) is 28.2 Å². The van der Waals surface area contributed by atoms with Gasteiger partial charge in [0.25, 0.3) is 11.5 Å². The molecule has 1 aliphatic heterocycles. The third kappa shape index (κ3) is 3.23. The molecule has 0 aliphatic carbocycles. The fraction of sp³-hybridized carbons (Fsp3) is 0.429. The highest BCUT2D eigenvalue weighted by Crippen LogP contribution is 2.16. The molecule has 3 heterocycles. The van der Waals surface area contributed by atoms with Crippen molar-refractivity contribution in [2.24, 2.45) is 0 Å². The van der Waals surface area contributed by atoms with Crippen molar-refractivity contribution in [2.75, 3.05) is 13.2 Å². The molecule has 1 amide bonds. The Kier molecular flexibility index (Phi) is 4.30. The first kappa shape index (κ1) is 14.9. The molecule has 1 saturated heterocycles. The summed E-state index contributed by atoms with van der Waals surface area (Å²) in [7, 11) is 0. The highest BCUT2D eigenvalue weighted by Gasteiger charge is 2.18. The number of amides is 1. The summed E-state index contributed by atoms with van der Waals surface area (Å²) in [5.74, 6) is -0.0738. The van der Waals surface area contributed by atoms with Crippen molar-refractivity contribution in [3.05, 3.63) is 32.5 Å². The monoisotopic (exact) mass is 320 g/mol. The fourth-order valence-electron chi connectivity index (χ4n) is 2.27. The van der Waals surface area contributed by atoms with E-state index in [1.807, 2.05) is 12.3 Å². The molecular weight excluding hydrogens is 304 g/mol. The van der Waals surface area contributed by atoms with E-state index in [-0.39, 0.29) is 11.7 Å². The van der Waals surface area contributed by atoms with Crippen LogP contribution in [0.3, 0.4) is 0 Å². The van der Waals surface area contributed by atoms with E-state index in [9.17, 15) is 9.59 Å². The van der Waals surface area contributed by atoms with Gasteiger partial charge in [0.15, 0.2) is 5.82 Å². The predicted molar refractivity (Wildman–Crippen MR) is 82.0 cm³/mol. The number of thiazole rings is 1. The zero-order chi connectivity index (χ0) is 15.5.